The minimum atomic E-state index is -0.704. The molecule has 1 N–H and O–H groups in total. The molecule has 1 atom stereocenters. The fourth-order valence-electron chi connectivity index (χ4n) is 4.16. The maximum absolute atomic E-state index is 12.8. The van der Waals surface area contributed by atoms with Gasteiger partial charge in [-0.05, 0) is 75.1 Å². The van der Waals surface area contributed by atoms with Gasteiger partial charge in [0.25, 0.3) is 5.91 Å². The van der Waals surface area contributed by atoms with E-state index in [1.54, 1.807) is 25.1 Å². The van der Waals surface area contributed by atoms with Crippen LogP contribution in [-0.2, 0) is 9.59 Å². The van der Waals surface area contributed by atoms with Gasteiger partial charge >= 0.3 is 0 Å². The number of carbonyl (C=O) groups excluding carboxylic acids is 3. The molecule has 2 aliphatic rings. The zero-order valence-electron chi connectivity index (χ0n) is 18.8. The van der Waals surface area contributed by atoms with E-state index in [0.717, 1.165) is 24.7 Å². The Bertz CT molecular complexity index is 1030. The van der Waals surface area contributed by atoms with E-state index in [9.17, 15) is 14.4 Å². The van der Waals surface area contributed by atoms with Crippen LogP contribution in [-0.4, -0.2) is 43.3 Å². The second-order valence-corrected chi connectivity index (χ2v) is 8.69. The topological polar surface area (TPSA) is 79.0 Å². The fraction of sp³-hybridized carbons (Fsp3) is 0.400. The van der Waals surface area contributed by atoms with E-state index in [0.29, 0.717) is 22.7 Å². The van der Waals surface area contributed by atoms with Gasteiger partial charge in [0.2, 0.25) is 5.91 Å². The normalized spacial score (nSPS) is 18.7. The Morgan fingerprint density at radius 1 is 1.06 bits per heavy atom. The predicted octanol–water partition coefficient (Wildman–Crippen LogP) is 3.88. The van der Waals surface area contributed by atoms with Gasteiger partial charge in [-0.25, -0.2) is 0 Å². The highest BCUT2D eigenvalue weighted by Crippen LogP contribution is 2.35. The average Bonchev–Trinajstić information content (AvgIpc) is 2.77. The van der Waals surface area contributed by atoms with E-state index in [2.05, 4.69) is 17.1 Å². The number of piperidine rings is 1. The molecular weight excluding hydrogens is 406 g/mol. The Morgan fingerprint density at radius 3 is 2.41 bits per heavy atom. The van der Waals surface area contributed by atoms with Gasteiger partial charge in [0.15, 0.2) is 11.9 Å². The number of nitrogens with zero attached hydrogens (tertiary/aromatic N) is 2. The van der Waals surface area contributed by atoms with E-state index in [1.165, 1.54) is 24.7 Å². The third-order valence-electron chi connectivity index (χ3n) is 6.18. The van der Waals surface area contributed by atoms with Gasteiger partial charge in [-0.3, -0.25) is 19.3 Å². The van der Waals surface area contributed by atoms with Gasteiger partial charge in [0, 0.05) is 30.0 Å². The van der Waals surface area contributed by atoms with Crippen LogP contribution in [0.4, 0.5) is 17.1 Å². The highest BCUT2D eigenvalue weighted by Gasteiger charge is 2.33. The zero-order chi connectivity index (χ0) is 22.8. The molecule has 1 fully saturated rings. The number of amides is 2. The quantitative estimate of drug-likeness (QED) is 0.721. The van der Waals surface area contributed by atoms with Crippen LogP contribution in [0.5, 0.6) is 5.75 Å². The molecule has 0 bridgehead atoms. The summed E-state index contributed by atoms with van der Waals surface area (Å²) in [6.07, 6.45) is 1.68. The van der Waals surface area contributed by atoms with Gasteiger partial charge in [-0.15, -0.1) is 0 Å². The summed E-state index contributed by atoms with van der Waals surface area (Å²) < 4.78 is 5.65. The molecule has 4 rings (SSSR count). The van der Waals surface area contributed by atoms with Crippen LogP contribution in [0.15, 0.2) is 42.5 Å². The molecule has 0 saturated carbocycles. The lowest BCUT2D eigenvalue weighted by Gasteiger charge is -2.33. The van der Waals surface area contributed by atoms with Crippen LogP contribution in [0.25, 0.3) is 0 Å². The Balaban J connectivity index is 1.45. The summed E-state index contributed by atoms with van der Waals surface area (Å²) in [5, 5.41) is 2.87. The molecule has 0 radical (unpaired) electrons. The van der Waals surface area contributed by atoms with Crippen LogP contribution in [0.2, 0.25) is 0 Å². The van der Waals surface area contributed by atoms with Crippen molar-refractivity contribution >= 4 is 34.7 Å². The van der Waals surface area contributed by atoms with Crippen LogP contribution >= 0.6 is 0 Å². The van der Waals surface area contributed by atoms with Crippen molar-refractivity contribution in [2.75, 3.05) is 34.8 Å². The van der Waals surface area contributed by atoms with E-state index < -0.39 is 6.10 Å². The summed E-state index contributed by atoms with van der Waals surface area (Å²) in [6, 6.07) is 12.7. The number of hydrogen-bond donors (Lipinski definition) is 1. The standard InChI is InChI=1S/C25H29N3O4/c1-16-10-12-27(13-11-16)21-7-5-20(6-8-21)26-24(30)15-28-22-14-19(17(2)29)4-9-23(22)32-18(3)25(28)31/h4-9,14,16,18H,10-13,15H2,1-3H3,(H,26,30). The second kappa shape index (κ2) is 9.02. The van der Waals surface area contributed by atoms with Crippen molar-refractivity contribution in [3.8, 4) is 5.75 Å². The molecule has 7 nitrogen and oxygen atoms in total. The number of ether oxygens (including phenoxy) is 1. The molecule has 7 heteroatoms. The first-order chi connectivity index (χ1) is 15.3. The molecule has 0 aromatic heterocycles. The molecule has 0 spiro atoms. The highest BCUT2D eigenvalue weighted by molar-refractivity contribution is 6.07. The second-order valence-electron chi connectivity index (χ2n) is 8.69. The fourth-order valence-corrected chi connectivity index (χ4v) is 4.16. The van der Waals surface area contributed by atoms with Crippen molar-refractivity contribution in [1.82, 2.24) is 0 Å². The van der Waals surface area contributed by atoms with Gasteiger partial charge in [-0.1, -0.05) is 6.92 Å². The maximum Gasteiger partial charge on any atom is 0.268 e. The SMILES string of the molecule is CC(=O)c1ccc2c(c1)N(CC(=O)Nc1ccc(N3CCC(C)CC3)cc1)C(=O)C(C)O2. The molecule has 0 aliphatic carbocycles. The summed E-state index contributed by atoms with van der Waals surface area (Å²) >= 11 is 0. The molecule has 168 valence electrons. The number of benzene rings is 2. The van der Waals surface area contributed by atoms with Crippen molar-refractivity contribution in [1.29, 1.82) is 0 Å². The number of nitrogens with one attached hydrogen (secondary N) is 1. The molecule has 2 heterocycles. The third-order valence-corrected chi connectivity index (χ3v) is 6.18. The summed E-state index contributed by atoms with van der Waals surface area (Å²) in [5.41, 5.74) is 2.72. The average molecular weight is 436 g/mol. The minimum absolute atomic E-state index is 0.119. The van der Waals surface area contributed by atoms with E-state index in [-0.39, 0.29) is 24.1 Å². The zero-order valence-corrected chi connectivity index (χ0v) is 18.8. The van der Waals surface area contributed by atoms with Gasteiger partial charge in [-0.2, -0.15) is 0 Å². The molecule has 1 saturated heterocycles. The van der Waals surface area contributed by atoms with Crippen molar-refractivity contribution in [3.63, 3.8) is 0 Å². The van der Waals surface area contributed by atoms with E-state index in [4.69, 9.17) is 4.74 Å². The van der Waals surface area contributed by atoms with E-state index >= 15 is 0 Å². The molecule has 32 heavy (non-hydrogen) atoms. The Morgan fingerprint density at radius 2 is 1.75 bits per heavy atom. The first kappa shape index (κ1) is 21.9. The molecule has 2 aromatic carbocycles. The molecule has 2 aliphatic heterocycles. The number of anilines is 3. The summed E-state index contributed by atoms with van der Waals surface area (Å²) in [4.78, 5) is 41.0. The number of hydrogen-bond acceptors (Lipinski definition) is 5. The number of rotatable bonds is 5. The molecule has 2 aromatic rings. The molecule has 1 unspecified atom stereocenters. The van der Waals surface area contributed by atoms with Gasteiger partial charge in [0.05, 0.1) is 5.69 Å². The van der Waals surface area contributed by atoms with Crippen molar-refractivity contribution < 1.29 is 19.1 Å². The first-order valence-corrected chi connectivity index (χ1v) is 11.1. The third kappa shape index (κ3) is 4.61. The number of ketones is 1. The lowest BCUT2D eigenvalue weighted by Crippen LogP contribution is -2.47. The first-order valence-electron chi connectivity index (χ1n) is 11.1. The summed E-state index contributed by atoms with van der Waals surface area (Å²) in [7, 11) is 0. The monoisotopic (exact) mass is 435 g/mol. The Kier molecular flexibility index (Phi) is 6.17. The highest BCUT2D eigenvalue weighted by atomic mass is 16.5. The van der Waals surface area contributed by atoms with Crippen LogP contribution in [0.1, 0.15) is 44.0 Å². The van der Waals surface area contributed by atoms with E-state index in [1.807, 2.05) is 24.3 Å². The Hall–Kier alpha value is -3.35. The maximum atomic E-state index is 12.8. The van der Waals surface area contributed by atoms with Crippen molar-refractivity contribution in [2.24, 2.45) is 5.92 Å². The number of carbonyl (C=O) groups is 3. The van der Waals surface area contributed by atoms with Gasteiger partial charge in [0.1, 0.15) is 12.3 Å². The van der Waals surface area contributed by atoms with Crippen LogP contribution in [0, 0.1) is 5.92 Å². The summed E-state index contributed by atoms with van der Waals surface area (Å²) in [6.45, 7) is 7.33. The smallest absolute Gasteiger partial charge is 0.268 e. The molecular formula is C25H29N3O4. The van der Waals surface area contributed by atoms with Crippen molar-refractivity contribution in [2.45, 2.75) is 39.7 Å². The number of Topliss-reactive ketones (excluding diaryl/α,β-unsaturated/α-hetero) is 1. The molecule has 2 amide bonds. The summed E-state index contributed by atoms with van der Waals surface area (Å²) in [5.74, 6) is 0.503. The lowest BCUT2D eigenvalue weighted by atomic mass is 9.99. The van der Waals surface area contributed by atoms with Crippen molar-refractivity contribution in [3.05, 3.63) is 48.0 Å². The van der Waals surface area contributed by atoms with Crippen LogP contribution in [0.3, 0.4) is 0 Å². The lowest BCUT2D eigenvalue weighted by molar-refractivity contribution is -0.127. The minimum Gasteiger partial charge on any atom is -0.479 e. The predicted molar refractivity (Wildman–Crippen MR) is 125 cm³/mol. The van der Waals surface area contributed by atoms with Gasteiger partial charge < -0.3 is 15.0 Å². The largest absolute Gasteiger partial charge is 0.479 e. The Labute approximate surface area is 188 Å². The van der Waals surface area contributed by atoms with Crippen LogP contribution < -0.4 is 19.9 Å². The number of fused-ring (bicyclic) bond motifs is 1.